The summed E-state index contributed by atoms with van der Waals surface area (Å²) in [5.41, 5.74) is 5.96. The maximum absolute atomic E-state index is 12.9. The lowest BCUT2D eigenvalue weighted by Gasteiger charge is -2.09. The van der Waals surface area contributed by atoms with Crippen molar-refractivity contribution in [1.82, 2.24) is 14.6 Å². The van der Waals surface area contributed by atoms with Gasteiger partial charge < -0.3 is 5.73 Å². The van der Waals surface area contributed by atoms with E-state index in [1.807, 2.05) is 0 Å². The number of hydrogen-bond donors (Lipinski definition) is 1. The second kappa shape index (κ2) is 6.83. The summed E-state index contributed by atoms with van der Waals surface area (Å²) in [7, 11) is -7.92. The number of fused-ring (bicyclic) bond motifs is 1. The molecule has 0 spiro atoms. The van der Waals surface area contributed by atoms with E-state index in [2.05, 4.69) is 10.1 Å². The van der Waals surface area contributed by atoms with Gasteiger partial charge in [0.2, 0.25) is 19.7 Å². The van der Waals surface area contributed by atoms with Gasteiger partial charge in [-0.1, -0.05) is 29.8 Å². The van der Waals surface area contributed by atoms with Crippen LogP contribution in [0.1, 0.15) is 0 Å². The van der Waals surface area contributed by atoms with Gasteiger partial charge in [-0.3, -0.25) is 0 Å². The first-order chi connectivity index (χ1) is 13.7. The van der Waals surface area contributed by atoms with Crippen molar-refractivity contribution in [3.05, 3.63) is 72.0 Å². The van der Waals surface area contributed by atoms with Gasteiger partial charge in [-0.2, -0.15) is 9.61 Å². The molecule has 0 aliphatic rings. The van der Waals surface area contributed by atoms with Crippen LogP contribution in [0.3, 0.4) is 0 Å². The highest BCUT2D eigenvalue weighted by Gasteiger charge is 2.28. The van der Waals surface area contributed by atoms with Crippen molar-refractivity contribution in [2.45, 2.75) is 19.6 Å². The molecule has 0 unspecified atom stereocenters. The molecule has 0 radical (unpaired) electrons. The Morgan fingerprint density at radius 1 is 0.793 bits per heavy atom. The van der Waals surface area contributed by atoms with Crippen LogP contribution < -0.4 is 5.73 Å². The largest absolute Gasteiger partial charge is 0.382 e. The molecule has 148 valence electrons. The first-order valence-electron chi connectivity index (χ1n) is 8.16. The van der Waals surface area contributed by atoms with Gasteiger partial charge in [0, 0.05) is 5.02 Å². The van der Waals surface area contributed by atoms with Gasteiger partial charge in [0.05, 0.1) is 22.2 Å². The molecule has 29 heavy (non-hydrogen) atoms. The maximum atomic E-state index is 12.9. The molecule has 8 nitrogen and oxygen atoms in total. The lowest BCUT2D eigenvalue weighted by atomic mass is 10.4. The van der Waals surface area contributed by atoms with Crippen molar-refractivity contribution in [3.63, 3.8) is 0 Å². The van der Waals surface area contributed by atoms with E-state index in [-0.39, 0.29) is 31.0 Å². The summed E-state index contributed by atoms with van der Waals surface area (Å²) in [5, 5.41) is 4.34. The molecule has 0 saturated carbocycles. The number of anilines is 1. The summed E-state index contributed by atoms with van der Waals surface area (Å²) in [4.78, 5) is 3.61. The molecular formula is C18H13ClN4O4S2. The average Bonchev–Trinajstić information content (AvgIpc) is 3.15. The first kappa shape index (κ1) is 19.4. The summed E-state index contributed by atoms with van der Waals surface area (Å²) in [6, 6.07) is 13.3. The van der Waals surface area contributed by atoms with Gasteiger partial charge in [0.1, 0.15) is 15.6 Å². The summed E-state index contributed by atoms with van der Waals surface area (Å²) in [6.07, 6.45) is 2.13. The lowest BCUT2D eigenvalue weighted by molar-refractivity contribution is 0.595. The molecule has 0 saturated heterocycles. The number of halogens is 1. The average molecular weight is 449 g/mol. The standard InChI is InChI=1S/C18H13ClN4O4S2/c19-12-6-8-14(9-7-12)28(24,25)15-10-21-18-16(11-22-23(18)17(15)20)29(26,27)13-4-2-1-3-5-13/h1-11H,20H2. The number of benzene rings is 2. The van der Waals surface area contributed by atoms with E-state index in [1.54, 1.807) is 18.2 Å². The molecule has 0 aliphatic carbocycles. The quantitative estimate of drug-likeness (QED) is 0.508. The number of nitrogens with zero attached hydrogens (tertiary/aromatic N) is 3. The molecule has 4 aromatic rings. The third-order valence-corrected chi connectivity index (χ3v) is 8.05. The topological polar surface area (TPSA) is 124 Å². The number of hydrogen-bond acceptors (Lipinski definition) is 7. The molecule has 0 amide bonds. The van der Waals surface area contributed by atoms with Gasteiger partial charge >= 0.3 is 0 Å². The van der Waals surface area contributed by atoms with Gasteiger partial charge in [-0.15, -0.1) is 0 Å². The van der Waals surface area contributed by atoms with Crippen LogP contribution in [-0.2, 0) is 19.7 Å². The Bertz CT molecular complexity index is 1430. The zero-order valence-corrected chi connectivity index (χ0v) is 17.0. The zero-order valence-electron chi connectivity index (χ0n) is 14.6. The van der Waals surface area contributed by atoms with E-state index in [0.717, 1.165) is 16.9 Å². The van der Waals surface area contributed by atoms with E-state index >= 15 is 0 Å². The van der Waals surface area contributed by atoms with E-state index in [1.165, 1.54) is 36.4 Å². The highest BCUT2D eigenvalue weighted by atomic mass is 35.5. The van der Waals surface area contributed by atoms with Crippen LogP contribution in [0.2, 0.25) is 5.02 Å². The number of nitrogens with two attached hydrogens (primary N) is 1. The third-order valence-electron chi connectivity index (χ3n) is 4.25. The molecule has 2 heterocycles. The summed E-state index contributed by atoms with van der Waals surface area (Å²) in [5.74, 6) is -0.250. The molecule has 11 heteroatoms. The molecule has 2 N–H and O–H groups in total. The Morgan fingerprint density at radius 3 is 2.03 bits per heavy atom. The summed E-state index contributed by atoms with van der Waals surface area (Å²) < 4.78 is 52.6. The molecule has 2 aromatic carbocycles. The highest BCUT2D eigenvalue weighted by molar-refractivity contribution is 7.92. The summed E-state index contributed by atoms with van der Waals surface area (Å²) >= 11 is 5.81. The van der Waals surface area contributed by atoms with Crippen molar-refractivity contribution < 1.29 is 16.8 Å². The Morgan fingerprint density at radius 2 is 1.38 bits per heavy atom. The predicted molar refractivity (Wildman–Crippen MR) is 106 cm³/mol. The van der Waals surface area contributed by atoms with Crippen molar-refractivity contribution in [2.24, 2.45) is 0 Å². The fraction of sp³-hybridized carbons (Fsp3) is 0. The van der Waals surface area contributed by atoms with Crippen LogP contribution in [-0.4, -0.2) is 31.4 Å². The number of aromatic nitrogens is 3. The van der Waals surface area contributed by atoms with E-state index in [4.69, 9.17) is 17.3 Å². The Kier molecular flexibility index (Phi) is 4.56. The minimum Gasteiger partial charge on any atom is -0.382 e. The van der Waals surface area contributed by atoms with Crippen LogP contribution in [0.5, 0.6) is 0 Å². The normalized spacial score (nSPS) is 12.3. The fourth-order valence-electron chi connectivity index (χ4n) is 2.78. The summed E-state index contributed by atoms with van der Waals surface area (Å²) in [6.45, 7) is 0. The molecule has 0 aliphatic heterocycles. The Balaban J connectivity index is 1.88. The predicted octanol–water partition coefficient (Wildman–Crippen LogP) is 2.63. The van der Waals surface area contributed by atoms with E-state index in [0.29, 0.717) is 5.02 Å². The molecular weight excluding hydrogens is 436 g/mol. The maximum Gasteiger partial charge on any atom is 0.211 e. The van der Waals surface area contributed by atoms with E-state index in [9.17, 15) is 16.8 Å². The van der Waals surface area contributed by atoms with Crippen molar-refractivity contribution in [2.75, 3.05) is 5.73 Å². The van der Waals surface area contributed by atoms with Gasteiger partial charge in [-0.05, 0) is 36.4 Å². The van der Waals surface area contributed by atoms with Gasteiger partial charge in [-0.25, -0.2) is 21.8 Å². The second-order valence-electron chi connectivity index (χ2n) is 6.03. The van der Waals surface area contributed by atoms with Crippen LogP contribution in [0, 0.1) is 0 Å². The number of sulfone groups is 2. The lowest BCUT2D eigenvalue weighted by Crippen LogP contribution is -2.11. The van der Waals surface area contributed by atoms with Crippen molar-refractivity contribution in [1.29, 1.82) is 0 Å². The Hall–Kier alpha value is -2.95. The first-order valence-corrected chi connectivity index (χ1v) is 11.5. The van der Waals surface area contributed by atoms with E-state index < -0.39 is 19.7 Å². The fourth-order valence-corrected chi connectivity index (χ4v) is 5.54. The van der Waals surface area contributed by atoms with Crippen LogP contribution in [0.4, 0.5) is 5.82 Å². The smallest absolute Gasteiger partial charge is 0.211 e. The highest BCUT2D eigenvalue weighted by Crippen LogP contribution is 2.30. The minimum atomic E-state index is -4.01. The molecule has 0 bridgehead atoms. The number of nitrogen functional groups attached to an aromatic ring is 1. The second-order valence-corrected chi connectivity index (χ2v) is 10.3. The van der Waals surface area contributed by atoms with Crippen LogP contribution in [0.15, 0.2) is 86.6 Å². The van der Waals surface area contributed by atoms with Crippen LogP contribution in [0.25, 0.3) is 5.65 Å². The van der Waals surface area contributed by atoms with Gasteiger partial charge in [0.25, 0.3) is 0 Å². The number of rotatable bonds is 4. The Labute approximate surface area is 171 Å². The van der Waals surface area contributed by atoms with Crippen LogP contribution >= 0.6 is 11.6 Å². The molecule has 0 fully saturated rings. The van der Waals surface area contributed by atoms with Gasteiger partial charge in [0.15, 0.2) is 5.65 Å². The SMILES string of the molecule is Nc1c(S(=O)(=O)c2ccc(Cl)cc2)cnc2c(S(=O)(=O)c3ccccc3)cnn12. The van der Waals surface area contributed by atoms with Crippen molar-refractivity contribution in [3.8, 4) is 0 Å². The minimum absolute atomic E-state index is 0.0287. The molecule has 2 aromatic heterocycles. The monoisotopic (exact) mass is 448 g/mol. The van der Waals surface area contributed by atoms with Crippen molar-refractivity contribution >= 4 is 42.7 Å². The zero-order chi connectivity index (χ0) is 20.8. The molecule has 0 atom stereocenters. The third kappa shape index (κ3) is 3.15. The molecule has 4 rings (SSSR count).